The Morgan fingerprint density at radius 2 is 1.62 bits per heavy atom. The van der Waals surface area contributed by atoms with Crippen molar-refractivity contribution in [2.45, 2.75) is 50.9 Å². The number of hydrogen-bond donors (Lipinski definition) is 1. The van der Waals surface area contributed by atoms with Crippen LogP contribution in [-0.2, 0) is 19.3 Å². The van der Waals surface area contributed by atoms with E-state index in [4.69, 9.17) is 5.73 Å². The van der Waals surface area contributed by atoms with E-state index in [0.29, 0.717) is 5.92 Å². The van der Waals surface area contributed by atoms with Gasteiger partial charge in [-0.3, -0.25) is 0 Å². The molecule has 2 aliphatic carbocycles. The molecule has 0 aromatic heterocycles. The number of rotatable bonds is 1. The normalized spacial score (nSPS) is 23.7. The van der Waals surface area contributed by atoms with Crippen molar-refractivity contribution in [3.05, 3.63) is 34.4 Å². The van der Waals surface area contributed by atoms with Crippen LogP contribution in [0.4, 0.5) is 0 Å². The van der Waals surface area contributed by atoms with E-state index in [0.717, 1.165) is 6.54 Å². The largest absolute Gasteiger partial charge is 0.330 e. The Morgan fingerprint density at radius 1 is 0.938 bits per heavy atom. The summed E-state index contributed by atoms with van der Waals surface area (Å²) in [5.74, 6) is 0.635. The maximum Gasteiger partial charge on any atom is -0.000813 e. The first kappa shape index (κ1) is 10.3. The van der Waals surface area contributed by atoms with E-state index < -0.39 is 0 Å². The fourth-order valence-corrected chi connectivity index (χ4v) is 3.39. The SMILES string of the molecule is NCC1CCCc2cc3c(cc21)CCCC3. The summed E-state index contributed by atoms with van der Waals surface area (Å²) in [5, 5.41) is 0. The van der Waals surface area contributed by atoms with Gasteiger partial charge in [0, 0.05) is 0 Å². The van der Waals surface area contributed by atoms with Crippen LogP contribution in [0.3, 0.4) is 0 Å². The van der Waals surface area contributed by atoms with Crippen molar-refractivity contribution < 1.29 is 0 Å². The molecule has 1 atom stereocenters. The lowest BCUT2D eigenvalue weighted by Gasteiger charge is -2.28. The van der Waals surface area contributed by atoms with E-state index in [1.54, 1.807) is 22.3 Å². The van der Waals surface area contributed by atoms with Gasteiger partial charge < -0.3 is 5.73 Å². The predicted molar refractivity (Wildman–Crippen MR) is 67.8 cm³/mol. The summed E-state index contributed by atoms with van der Waals surface area (Å²) >= 11 is 0. The quantitative estimate of drug-likeness (QED) is 0.766. The molecular formula is C15H21N. The molecule has 1 aromatic carbocycles. The molecule has 1 heteroatoms. The van der Waals surface area contributed by atoms with Crippen LogP contribution >= 0.6 is 0 Å². The van der Waals surface area contributed by atoms with Crippen molar-refractivity contribution in [1.82, 2.24) is 0 Å². The molecule has 0 heterocycles. The van der Waals surface area contributed by atoms with Crippen LogP contribution in [0, 0.1) is 0 Å². The third-order valence-electron chi connectivity index (χ3n) is 4.33. The van der Waals surface area contributed by atoms with Crippen molar-refractivity contribution in [2.24, 2.45) is 5.73 Å². The molecule has 1 nitrogen and oxygen atoms in total. The Kier molecular flexibility index (Phi) is 2.72. The first-order valence-corrected chi connectivity index (χ1v) is 6.73. The maximum absolute atomic E-state index is 5.89. The van der Waals surface area contributed by atoms with E-state index in [1.807, 2.05) is 0 Å². The minimum atomic E-state index is 0.635. The van der Waals surface area contributed by atoms with Crippen LogP contribution in [0.1, 0.15) is 53.9 Å². The van der Waals surface area contributed by atoms with Crippen LogP contribution in [0.5, 0.6) is 0 Å². The van der Waals surface area contributed by atoms with E-state index in [2.05, 4.69) is 12.1 Å². The summed E-state index contributed by atoms with van der Waals surface area (Å²) in [6, 6.07) is 4.98. The lowest BCUT2D eigenvalue weighted by atomic mass is 9.78. The zero-order valence-corrected chi connectivity index (χ0v) is 9.97. The second-order valence-corrected chi connectivity index (χ2v) is 5.35. The average molecular weight is 215 g/mol. The topological polar surface area (TPSA) is 26.0 Å². The summed E-state index contributed by atoms with van der Waals surface area (Å²) in [6.45, 7) is 0.825. The van der Waals surface area contributed by atoms with E-state index in [-0.39, 0.29) is 0 Å². The van der Waals surface area contributed by atoms with Crippen molar-refractivity contribution in [3.63, 3.8) is 0 Å². The summed E-state index contributed by atoms with van der Waals surface area (Å²) in [6.07, 6.45) is 9.25. The third-order valence-corrected chi connectivity index (χ3v) is 4.33. The Bertz CT molecular complexity index is 395. The molecule has 16 heavy (non-hydrogen) atoms. The molecule has 0 amide bonds. The van der Waals surface area contributed by atoms with Gasteiger partial charge in [-0.2, -0.15) is 0 Å². The molecule has 86 valence electrons. The fraction of sp³-hybridized carbons (Fsp3) is 0.600. The van der Waals surface area contributed by atoms with Gasteiger partial charge in [-0.15, -0.1) is 0 Å². The second kappa shape index (κ2) is 4.21. The molecule has 0 saturated heterocycles. The molecule has 1 aromatic rings. The molecule has 0 spiro atoms. The number of nitrogens with two attached hydrogens (primary N) is 1. The lowest BCUT2D eigenvalue weighted by Crippen LogP contribution is -2.19. The van der Waals surface area contributed by atoms with Crippen molar-refractivity contribution >= 4 is 0 Å². The molecule has 0 aliphatic heterocycles. The summed E-state index contributed by atoms with van der Waals surface area (Å²) in [4.78, 5) is 0. The van der Waals surface area contributed by atoms with Gasteiger partial charge in [0.05, 0.1) is 0 Å². The molecular weight excluding hydrogens is 194 g/mol. The maximum atomic E-state index is 5.89. The van der Waals surface area contributed by atoms with Gasteiger partial charge in [0.15, 0.2) is 0 Å². The third kappa shape index (κ3) is 1.67. The summed E-state index contributed by atoms with van der Waals surface area (Å²) in [5.41, 5.74) is 12.3. The van der Waals surface area contributed by atoms with Gasteiger partial charge in [-0.25, -0.2) is 0 Å². The highest BCUT2D eigenvalue weighted by atomic mass is 14.6. The Hall–Kier alpha value is -0.820. The fourth-order valence-electron chi connectivity index (χ4n) is 3.39. The number of benzene rings is 1. The zero-order chi connectivity index (χ0) is 11.0. The van der Waals surface area contributed by atoms with E-state index in [1.165, 1.54) is 44.9 Å². The standard InChI is InChI=1S/C15H21N/c16-10-14-7-3-6-13-8-11-4-1-2-5-12(11)9-15(13)14/h8-9,14H,1-7,10,16H2. The highest BCUT2D eigenvalue weighted by Gasteiger charge is 2.21. The Labute approximate surface area is 98.0 Å². The molecule has 2 aliphatic rings. The van der Waals surface area contributed by atoms with Gasteiger partial charge in [0.1, 0.15) is 0 Å². The molecule has 0 bridgehead atoms. The number of fused-ring (bicyclic) bond motifs is 2. The highest BCUT2D eigenvalue weighted by Crippen LogP contribution is 2.34. The first-order valence-electron chi connectivity index (χ1n) is 6.73. The lowest BCUT2D eigenvalue weighted by molar-refractivity contribution is 0.556. The molecule has 3 rings (SSSR count). The summed E-state index contributed by atoms with van der Waals surface area (Å²) in [7, 11) is 0. The van der Waals surface area contributed by atoms with Crippen LogP contribution in [0.25, 0.3) is 0 Å². The molecule has 0 radical (unpaired) electrons. The minimum Gasteiger partial charge on any atom is -0.330 e. The average Bonchev–Trinajstić information content (AvgIpc) is 2.35. The van der Waals surface area contributed by atoms with Crippen molar-refractivity contribution in [3.8, 4) is 0 Å². The smallest absolute Gasteiger partial charge is 0.000813 e. The van der Waals surface area contributed by atoms with Gasteiger partial charge >= 0.3 is 0 Å². The second-order valence-electron chi connectivity index (χ2n) is 5.35. The van der Waals surface area contributed by atoms with Crippen LogP contribution in [0.2, 0.25) is 0 Å². The van der Waals surface area contributed by atoms with Crippen molar-refractivity contribution in [2.75, 3.05) is 6.54 Å². The highest BCUT2D eigenvalue weighted by molar-refractivity contribution is 5.42. The van der Waals surface area contributed by atoms with Crippen LogP contribution in [0.15, 0.2) is 12.1 Å². The van der Waals surface area contributed by atoms with Gasteiger partial charge in [0.2, 0.25) is 0 Å². The van der Waals surface area contributed by atoms with Crippen molar-refractivity contribution in [1.29, 1.82) is 0 Å². The first-order chi connectivity index (χ1) is 7.88. The van der Waals surface area contributed by atoms with Crippen LogP contribution in [-0.4, -0.2) is 6.54 Å². The molecule has 0 fully saturated rings. The predicted octanol–water partition coefficient (Wildman–Crippen LogP) is 2.94. The van der Waals surface area contributed by atoms with E-state index in [9.17, 15) is 0 Å². The minimum absolute atomic E-state index is 0.635. The summed E-state index contributed by atoms with van der Waals surface area (Å²) < 4.78 is 0. The number of hydrogen-bond acceptors (Lipinski definition) is 1. The monoisotopic (exact) mass is 215 g/mol. The Balaban J connectivity index is 2.05. The zero-order valence-electron chi connectivity index (χ0n) is 9.97. The number of aryl methyl sites for hydroxylation is 3. The molecule has 0 saturated carbocycles. The van der Waals surface area contributed by atoms with E-state index >= 15 is 0 Å². The molecule has 1 unspecified atom stereocenters. The van der Waals surface area contributed by atoms with Gasteiger partial charge in [0.25, 0.3) is 0 Å². The van der Waals surface area contributed by atoms with Gasteiger partial charge in [-0.05, 0) is 79.7 Å². The molecule has 2 N–H and O–H groups in total. The Morgan fingerprint density at radius 3 is 2.38 bits per heavy atom. The van der Waals surface area contributed by atoms with Crippen LogP contribution < -0.4 is 5.73 Å². The van der Waals surface area contributed by atoms with Gasteiger partial charge in [-0.1, -0.05) is 12.1 Å².